The van der Waals surface area contributed by atoms with Crippen LogP contribution in [-0.4, -0.2) is 113 Å². The van der Waals surface area contributed by atoms with E-state index in [1.54, 1.807) is 50.0 Å². The molecule has 0 aromatic carbocycles. The van der Waals surface area contributed by atoms with Crippen LogP contribution in [0.2, 0.25) is 0 Å². The molecular formula is C106H176F8N8O5. The number of carbonyl (C=O) groups excluding carboxylic acids is 1. The molecule has 5 aromatic heterocycles. The zero-order valence-electron chi connectivity index (χ0n) is 85.7. The van der Waals surface area contributed by atoms with Gasteiger partial charge in [-0.1, -0.05) is 232 Å². The van der Waals surface area contributed by atoms with Crippen molar-refractivity contribution in [3.8, 4) is 5.88 Å². The van der Waals surface area contributed by atoms with E-state index in [0.717, 1.165) is 124 Å². The second-order valence-corrected chi connectivity index (χ2v) is 48.1. The van der Waals surface area contributed by atoms with Crippen molar-refractivity contribution in [2.75, 3.05) is 53.0 Å². The molecule has 127 heavy (non-hydrogen) atoms. The summed E-state index contributed by atoms with van der Waals surface area (Å²) in [5, 5.41) is 11.2. The number of nitrogens with zero attached hydrogens (tertiary/aromatic N) is 8. The SMILES string of the molecule is CC(C)(C)C(F)(F)c1ccccn1.CC(C)(C)C1CCC(F)(F)CC1.CC(C)(C)C1CCOCC1.CC(C)(C)CC1=CN=CC1.CC(C)(C)CCC1CCN(C(=O)OC(C)(C)C)CC1.CC(C)(C)CCN1CCCC(F)(F)C1.CC(C)(C)Cc1ccc(F)nc1.CC(C)(C)Cc1cccc[n+]1[O-].CC(C)(C)Cc1cncc(F)c1.COc1ccc(CC(C)(C)C)cn1. The molecular weight excluding hydrogens is 1620 g/mol. The molecule has 4 aliphatic heterocycles. The van der Waals surface area contributed by atoms with Crippen LogP contribution in [0.25, 0.3) is 0 Å². The maximum Gasteiger partial charge on any atom is 0.410 e. The van der Waals surface area contributed by atoms with Gasteiger partial charge in [-0.15, -0.1) is 0 Å². The van der Waals surface area contributed by atoms with Crippen molar-refractivity contribution in [1.29, 1.82) is 0 Å². The summed E-state index contributed by atoms with van der Waals surface area (Å²) in [4.78, 5) is 35.0. The molecule has 1 amide bonds. The van der Waals surface area contributed by atoms with Gasteiger partial charge in [0.15, 0.2) is 11.9 Å². The Kier molecular flexibility index (Phi) is 49.0. The Bertz CT molecular complexity index is 3870. The Labute approximate surface area is 767 Å². The lowest BCUT2D eigenvalue weighted by Gasteiger charge is -2.36. The molecule has 9 heterocycles. The van der Waals surface area contributed by atoms with Crippen LogP contribution in [0.1, 0.15) is 353 Å². The van der Waals surface area contributed by atoms with E-state index in [-0.39, 0.29) is 76.1 Å². The van der Waals surface area contributed by atoms with Crippen LogP contribution in [0.4, 0.5) is 39.9 Å². The standard InChI is InChI=1S/C16H31NO2.C11H21F2N.C11H17NO.C10H13F2N.C10H18F2.2C10H14FN.C10H15NO.C9H15N.C9H18O/c1-15(2,3)10-7-13-8-11-17(12-9-13)14(18)19-16(4,5)6;1-10(2,3)6-8-14-7-4-5-11(12,13)9-14;1-11(2,3)7-9-5-6-10(13-4)12-8-9;1-9(2,3)10(11,12)8-6-4-5-7-13-8;1-9(2,3)8-4-6-10(11,12)7-5-8;1-10(2,3)5-8-4-9(11)7-12-6-8;1-10(2,3)6-8-4-5-9(11)12-7-8;1-10(2,3)8-9-6-4-5-7-11(9)12;1-9(2,3)6-8-4-5-10-7-8;1-9(2,3)8-4-6-10-7-5-8/h13H,7-12H2,1-6H3;4-9H2,1-3H3;5-6,8H,7H2,1-4H3;4-7H,1-3H3;8H,4-7H2,1-3H3;4,6-7H,5H2,1-3H3;4-5,7H,6H2,1-3H3;4-7H,8H2,1-3H3;5,7H,4,6H2,1-3H3;8H,4-7H2,1-3H3. The smallest absolute Gasteiger partial charge is 0.410 e. The van der Waals surface area contributed by atoms with Gasteiger partial charge in [0.25, 0.3) is 11.8 Å². The number of aliphatic imine (C=N–C) groups is 1. The molecule has 1 aliphatic carbocycles. The number of allylic oxidation sites excluding steroid dienone is 1. The van der Waals surface area contributed by atoms with Gasteiger partial charge in [0.1, 0.15) is 17.1 Å². The van der Waals surface area contributed by atoms with Crippen molar-refractivity contribution in [2.24, 2.45) is 76.9 Å². The molecule has 0 atom stereocenters. The predicted octanol–water partition coefficient (Wildman–Crippen LogP) is 30.1. The minimum Gasteiger partial charge on any atom is -0.619 e. The number of hydrogen-bond acceptors (Lipinski definition) is 11. The number of alkyl halides is 6. The van der Waals surface area contributed by atoms with Crippen molar-refractivity contribution in [3.63, 3.8) is 0 Å². The predicted molar refractivity (Wildman–Crippen MR) is 513 cm³/mol. The van der Waals surface area contributed by atoms with E-state index in [9.17, 15) is 45.1 Å². The number of ether oxygens (including phenoxy) is 3. The summed E-state index contributed by atoms with van der Waals surface area (Å²) >= 11 is 0. The van der Waals surface area contributed by atoms with Gasteiger partial charge in [0.2, 0.25) is 17.8 Å². The van der Waals surface area contributed by atoms with Gasteiger partial charge in [0, 0.05) is 119 Å². The van der Waals surface area contributed by atoms with Crippen LogP contribution in [0.5, 0.6) is 5.88 Å². The second kappa shape index (κ2) is 52.6. The normalized spacial score (nSPS) is 16.8. The Balaban J connectivity index is 0.000000709. The molecule has 21 heteroatoms. The minimum absolute atomic E-state index is 0.0386. The van der Waals surface area contributed by atoms with Gasteiger partial charge < -0.3 is 24.3 Å². The maximum absolute atomic E-state index is 13.6. The topological polar surface area (TPSA) is 142 Å². The van der Waals surface area contributed by atoms with E-state index in [1.165, 1.54) is 94.6 Å². The average molecular weight is 1790 g/mol. The number of carbonyl (C=O) groups is 1. The second-order valence-electron chi connectivity index (χ2n) is 48.1. The Morgan fingerprint density at radius 3 is 1.44 bits per heavy atom. The van der Waals surface area contributed by atoms with Crippen molar-refractivity contribution in [1.82, 2.24) is 29.7 Å². The molecule has 5 aliphatic rings. The highest BCUT2D eigenvalue weighted by Gasteiger charge is 2.46. The maximum atomic E-state index is 13.6. The third kappa shape index (κ3) is 59.4. The van der Waals surface area contributed by atoms with Gasteiger partial charge in [-0.05, 0) is 237 Å². The molecule has 1 saturated carbocycles. The first-order valence-corrected chi connectivity index (χ1v) is 46.5. The van der Waals surface area contributed by atoms with Crippen molar-refractivity contribution < 1.29 is 58.9 Å². The van der Waals surface area contributed by atoms with E-state index < -0.39 is 29.1 Å². The number of methoxy groups -OCH3 is 1. The number of likely N-dealkylation sites (tertiary alicyclic amines) is 2. The summed E-state index contributed by atoms with van der Waals surface area (Å²) in [6.45, 7) is 74.8. The molecule has 10 rings (SSSR count). The molecule has 0 N–H and O–H groups in total. The van der Waals surface area contributed by atoms with Gasteiger partial charge in [-0.25, -0.2) is 36.7 Å². The number of rotatable bonds is 11. The minimum atomic E-state index is -2.88. The first-order chi connectivity index (χ1) is 57.6. The van der Waals surface area contributed by atoms with Gasteiger partial charge >= 0.3 is 6.09 Å². The van der Waals surface area contributed by atoms with Crippen LogP contribution in [0.15, 0.2) is 121 Å². The lowest BCUT2D eigenvalue weighted by molar-refractivity contribution is -0.614. The van der Waals surface area contributed by atoms with Crippen molar-refractivity contribution in [2.45, 2.75) is 374 Å². The number of amides is 1. The number of halogens is 8. The highest BCUT2D eigenvalue weighted by atomic mass is 19.3. The van der Waals surface area contributed by atoms with E-state index in [2.05, 4.69) is 218 Å². The molecule has 0 radical (unpaired) electrons. The van der Waals surface area contributed by atoms with Crippen molar-refractivity contribution in [3.05, 3.63) is 161 Å². The average Bonchev–Trinajstić information content (AvgIpc) is 1.20. The number of hydrogen-bond donors (Lipinski definition) is 0. The molecule has 13 nitrogen and oxygen atoms in total. The number of piperidine rings is 2. The van der Waals surface area contributed by atoms with Gasteiger partial charge in [-0.3, -0.25) is 19.9 Å². The highest BCUT2D eigenvalue weighted by molar-refractivity contribution is 5.68. The third-order valence-electron chi connectivity index (χ3n) is 21.4. The fraction of sp³-hybridized carbons (Fsp3) is 0.726. The molecule has 0 spiro atoms. The van der Waals surface area contributed by atoms with Crippen LogP contribution >= 0.6 is 0 Å². The van der Waals surface area contributed by atoms with Gasteiger partial charge in [-0.2, -0.15) is 17.9 Å². The number of pyridine rings is 5. The number of aromatic nitrogens is 5. The van der Waals surface area contributed by atoms with E-state index in [0.29, 0.717) is 52.7 Å². The molecule has 0 bridgehead atoms. The fourth-order valence-corrected chi connectivity index (χ4v) is 14.4. The summed E-state index contributed by atoms with van der Waals surface area (Å²) in [5.74, 6) is -5.55. The van der Waals surface area contributed by atoms with Crippen LogP contribution in [-0.2, 0) is 41.1 Å². The van der Waals surface area contributed by atoms with Crippen LogP contribution in [0, 0.1) is 88.9 Å². The zero-order valence-corrected chi connectivity index (χ0v) is 85.7. The molecule has 0 unspecified atom stereocenters. The Hall–Kier alpha value is -6.61. The molecule has 726 valence electrons. The monoisotopic (exact) mass is 1790 g/mol. The summed E-state index contributed by atoms with van der Waals surface area (Å²) in [5.41, 5.74) is 6.65. The first-order valence-electron chi connectivity index (χ1n) is 46.5. The lowest BCUT2D eigenvalue weighted by atomic mass is 9.71. The zero-order chi connectivity index (χ0) is 97.7. The Morgan fingerprint density at radius 2 is 1.04 bits per heavy atom. The van der Waals surface area contributed by atoms with E-state index in [1.807, 2.05) is 67.4 Å². The van der Waals surface area contributed by atoms with Gasteiger partial charge in [0.05, 0.1) is 19.9 Å². The molecule has 3 saturated heterocycles. The quantitative estimate of drug-likeness (QED) is 0.0543. The first kappa shape index (κ1) is 118. The summed E-state index contributed by atoms with van der Waals surface area (Å²) in [6, 6.07) is 18.8. The third-order valence-corrected chi connectivity index (χ3v) is 21.4. The molecule has 4 fully saturated rings. The fourth-order valence-electron chi connectivity index (χ4n) is 14.4. The lowest BCUT2D eigenvalue weighted by Crippen LogP contribution is -2.43. The van der Waals surface area contributed by atoms with Crippen molar-refractivity contribution >= 4 is 12.3 Å². The van der Waals surface area contributed by atoms with E-state index >= 15 is 0 Å². The molecule has 5 aromatic rings. The summed E-state index contributed by atoms with van der Waals surface area (Å²) in [7, 11) is 1.63. The summed E-state index contributed by atoms with van der Waals surface area (Å²) < 4.78 is 121. The Morgan fingerprint density at radius 1 is 0.535 bits per heavy atom. The van der Waals surface area contributed by atoms with E-state index in [4.69, 9.17) is 14.2 Å². The summed E-state index contributed by atoms with van der Waals surface area (Å²) in [6.07, 6.45) is 29.6. The highest BCUT2D eigenvalue weighted by Crippen LogP contribution is 2.45. The largest absolute Gasteiger partial charge is 0.619 e. The van der Waals surface area contributed by atoms with Crippen LogP contribution in [0.3, 0.4) is 0 Å². The van der Waals surface area contributed by atoms with Crippen LogP contribution < -0.4 is 9.47 Å².